The van der Waals surface area contributed by atoms with Gasteiger partial charge in [0, 0.05) is 18.8 Å². The number of carbonyl (C=O) groups excluding carboxylic acids is 1. The van der Waals surface area contributed by atoms with Crippen molar-refractivity contribution in [2.75, 3.05) is 13.1 Å². The highest BCUT2D eigenvalue weighted by Crippen LogP contribution is 2.28. The van der Waals surface area contributed by atoms with E-state index in [1.807, 2.05) is 36.9 Å². The molecule has 0 N–H and O–H groups in total. The third-order valence-electron chi connectivity index (χ3n) is 3.59. The third kappa shape index (κ3) is 5.40. The fraction of sp³-hybridized carbons (Fsp3) is 0.588. The summed E-state index contributed by atoms with van der Waals surface area (Å²) in [5, 5.41) is 0.787. The van der Waals surface area contributed by atoms with Gasteiger partial charge in [-0.2, -0.15) is 0 Å². The summed E-state index contributed by atoms with van der Waals surface area (Å²) < 4.78 is 5.62. The number of likely N-dealkylation sites (tertiary alicyclic amines) is 1. The van der Waals surface area contributed by atoms with Gasteiger partial charge in [-0.05, 0) is 44.4 Å². The van der Waals surface area contributed by atoms with Crippen molar-refractivity contribution in [3.05, 3.63) is 28.8 Å². The van der Waals surface area contributed by atoms with Gasteiger partial charge in [0.15, 0.2) is 0 Å². The van der Waals surface area contributed by atoms with E-state index in [9.17, 15) is 4.79 Å². The van der Waals surface area contributed by atoms with Crippen LogP contribution >= 0.6 is 23.4 Å². The van der Waals surface area contributed by atoms with Gasteiger partial charge in [-0.1, -0.05) is 42.3 Å². The predicted octanol–water partition coefficient (Wildman–Crippen LogP) is 5.36. The topological polar surface area (TPSA) is 29.5 Å². The quantitative estimate of drug-likeness (QED) is 0.738. The van der Waals surface area contributed by atoms with Crippen LogP contribution in [-0.2, 0) is 5.75 Å². The summed E-state index contributed by atoms with van der Waals surface area (Å²) in [7, 11) is 0. The highest BCUT2D eigenvalue weighted by molar-refractivity contribution is 8.12. The highest BCUT2D eigenvalue weighted by Gasteiger charge is 2.16. The van der Waals surface area contributed by atoms with Crippen molar-refractivity contribution in [1.29, 1.82) is 0 Å². The Bertz CT molecular complexity index is 499. The summed E-state index contributed by atoms with van der Waals surface area (Å²) >= 11 is 7.59. The maximum atomic E-state index is 12.3. The lowest BCUT2D eigenvalue weighted by atomic mass is 10.2. The number of amides is 1. The highest BCUT2D eigenvalue weighted by atomic mass is 35.5. The molecule has 1 amide bonds. The molecule has 5 heteroatoms. The lowest BCUT2D eigenvalue weighted by molar-refractivity contribution is 0.225. The second-order valence-electron chi connectivity index (χ2n) is 5.89. The second kappa shape index (κ2) is 8.68. The maximum Gasteiger partial charge on any atom is 0.281 e. The van der Waals surface area contributed by atoms with Gasteiger partial charge in [0.2, 0.25) is 0 Å². The van der Waals surface area contributed by atoms with Crippen LogP contribution in [0.4, 0.5) is 4.79 Å². The number of rotatable bonds is 4. The Morgan fingerprint density at radius 1 is 1.27 bits per heavy atom. The van der Waals surface area contributed by atoms with Gasteiger partial charge in [0.1, 0.15) is 5.75 Å². The first kappa shape index (κ1) is 17.5. The molecule has 1 aromatic rings. The molecule has 2 rings (SSSR count). The zero-order chi connectivity index (χ0) is 15.9. The van der Waals surface area contributed by atoms with Crippen LogP contribution in [0.1, 0.15) is 45.1 Å². The molecule has 1 aliphatic heterocycles. The fourth-order valence-electron chi connectivity index (χ4n) is 2.47. The van der Waals surface area contributed by atoms with Crippen LogP contribution in [-0.4, -0.2) is 29.3 Å². The number of hydrogen-bond donors (Lipinski definition) is 0. The molecule has 22 heavy (non-hydrogen) atoms. The van der Waals surface area contributed by atoms with Crippen molar-refractivity contribution in [2.24, 2.45) is 0 Å². The molecule has 0 atom stereocenters. The normalized spacial score (nSPS) is 15.7. The van der Waals surface area contributed by atoms with E-state index in [1.54, 1.807) is 0 Å². The van der Waals surface area contributed by atoms with Gasteiger partial charge >= 0.3 is 0 Å². The predicted molar refractivity (Wildman–Crippen MR) is 93.9 cm³/mol. The van der Waals surface area contributed by atoms with E-state index in [0.717, 1.165) is 31.5 Å². The Hall–Kier alpha value is -0.870. The SMILES string of the molecule is CC(C)Oc1ccc(CSC(=O)N2CCCCCC2)cc1Cl. The first-order valence-electron chi connectivity index (χ1n) is 7.93. The Morgan fingerprint density at radius 2 is 1.95 bits per heavy atom. The summed E-state index contributed by atoms with van der Waals surface area (Å²) in [4.78, 5) is 14.2. The van der Waals surface area contributed by atoms with E-state index in [2.05, 4.69) is 0 Å². The summed E-state index contributed by atoms with van der Waals surface area (Å²) in [6.45, 7) is 5.74. The summed E-state index contributed by atoms with van der Waals surface area (Å²) in [5.74, 6) is 1.35. The minimum atomic E-state index is 0.0994. The minimum absolute atomic E-state index is 0.0994. The van der Waals surface area contributed by atoms with Gasteiger partial charge in [-0.25, -0.2) is 0 Å². The molecule has 1 aliphatic rings. The van der Waals surface area contributed by atoms with Crippen LogP contribution in [0.5, 0.6) is 5.75 Å². The minimum Gasteiger partial charge on any atom is -0.489 e. The van der Waals surface area contributed by atoms with Crippen LogP contribution in [0.3, 0.4) is 0 Å². The number of hydrogen-bond acceptors (Lipinski definition) is 3. The van der Waals surface area contributed by atoms with Crippen molar-refractivity contribution in [1.82, 2.24) is 4.90 Å². The molecule has 0 radical (unpaired) electrons. The third-order valence-corrected chi connectivity index (χ3v) is 4.86. The van der Waals surface area contributed by atoms with Crippen LogP contribution in [0.15, 0.2) is 18.2 Å². The number of thioether (sulfide) groups is 1. The Labute approximate surface area is 142 Å². The molecular weight excluding hydrogens is 318 g/mol. The summed E-state index contributed by atoms with van der Waals surface area (Å²) in [6, 6.07) is 5.75. The smallest absolute Gasteiger partial charge is 0.281 e. The van der Waals surface area contributed by atoms with Crippen LogP contribution < -0.4 is 4.74 Å². The molecule has 1 fully saturated rings. The number of nitrogens with zero attached hydrogens (tertiary/aromatic N) is 1. The van der Waals surface area contributed by atoms with Gasteiger partial charge in [-0.3, -0.25) is 4.79 Å². The first-order chi connectivity index (χ1) is 10.6. The molecule has 122 valence electrons. The van der Waals surface area contributed by atoms with Crippen molar-refractivity contribution in [3.8, 4) is 5.75 Å². The largest absolute Gasteiger partial charge is 0.489 e. The number of benzene rings is 1. The maximum absolute atomic E-state index is 12.3. The molecule has 0 bridgehead atoms. The Morgan fingerprint density at radius 3 is 2.55 bits per heavy atom. The van der Waals surface area contributed by atoms with E-state index in [-0.39, 0.29) is 11.3 Å². The van der Waals surface area contributed by atoms with Crippen molar-refractivity contribution >= 4 is 28.6 Å². The van der Waals surface area contributed by atoms with E-state index in [4.69, 9.17) is 16.3 Å². The molecule has 0 aromatic heterocycles. The molecule has 0 aliphatic carbocycles. The molecule has 1 heterocycles. The summed E-state index contributed by atoms with van der Waals surface area (Å²) in [6.07, 6.45) is 4.82. The van der Waals surface area contributed by atoms with E-state index in [0.29, 0.717) is 16.5 Å². The first-order valence-corrected chi connectivity index (χ1v) is 9.29. The second-order valence-corrected chi connectivity index (χ2v) is 7.22. The number of halogens is 1. The zero-order valence-corrected chi connectivity index (χ0v) is 14.9. The van der Waals surface area contributed by atoms with E-state index in [1.165, 1.54) is 24.6 Å². The molecule has 0 saturated carbocycles. The van der Waals surface area contributed by atoms with Gasteiger partial charge in [0.05, 0.1) is 11.1 Å². The average Bonchev–Trinajstić information content (AvgIpc) is 2.76. The monoisotopic (exact) mass is 341 g/mol. The Balaban J connectivity index is 1.88. The average molecular weight is 342 g/mol. The van der Waals surface area contributed by atoms with Crippen molar-refractivity contribution in [2.45, 2.75) is 51.4 Å². The van der Waals surface area contributed by atoms with Gasteiger partial charge in [0.25, 0.3) is 5.24 Å². The zero-order valence-electron chi connectivity index (χ0n) is 13.3. The number of ether oxygens (including phenoxy) is 1. The van der Waals surface area contributed by atoms with Crippen LogP contribution in [0.2, 0.25) is 5.02 Å². The molecule has 3 nitrogen and oxygen atoms in total. The van der Waals surface area contributed by atoms with E-state index >= 15 is 0 Å². The van der Waals surface area contributed by atoms with E-state index < -0.39 is 0 Å². The molecular formula is C17H24ClNO2S. The fourth-order valence-corrected chi connectivity index (χ4v) is 3.56. The number of carbonyl (C=O) groups is 1. The van der Waals surface area contributed by atoms with Gasteiger partial charge < -0.3 is 9.64 Å². The lowest BCUT2D eigenvalue weighted by Crippen LogP contribution is -2.28. The molecule has 1 aromatic carbocycles. The van der Waals surface area contributed by atoms with Crippen molar-refractivity contribution < 1.29 is 9.53 Å². The lowest BCUT2D eigenvalue weighted by Gasteiger charge is -2.19. The Kier molecular flexibility index (Phi) is 6.90. The standard InChI is InChI=1S/C17H24ClNO2S/c1-13(2)21-16-8-7-14(11-15(16)18)12-22-17(20)19-9-5-3-4-6-10-19/h7-8,11,13H,3-6,9-10,12H2,1-2H3. The molecule has 1 saturated heterocycles. The molecule has 0 unspecified atom stereocenters. The summed E-state index contributed by atoms with van der Waals surface area (Å²) in [5.41, 5.74) is 1.05. The van der Waals surface area contributed by atoms with Crippen molar-refractivity contribution in [3.63, 3.8) is 0 Å². The van der Waals surface area contributed by atoms with Crippen LogP contribution in [0.25, 0.3) is 0 Å². The van der Waals surface area contributed by atoms with Gasteiger partial charge in [-0.15, -0.1) is 0 Å². The van der Waals surface area contributed by atoms with Crippen LogP contribution in [0, 0.1) is 0 Å². The molecule has 0 spiro atoms.